The summed E-state index contributed by atoms with van der Waals surface area (Å²) in [4.78, 5) is 4.68. The maximum absolute atomic E-state index is 11.8. The highest BCUT2D eigenvalue weighted by Gasteiger charge is 2.24. The van der Waals surface area contributed by atoms with E-state index in [2.05, 4.69) is 36.3 Å². The number of aryl methyl sites for hydroxylation is 3. The van der Waals surface area contributed by atoms with Crippen LogP contribution in [0.2, 0.25) is 0 Å². The van der Waals surface area contributed by atoms with Crippen LogP contribution in [0.1, 0.15) is 27.9 Å². The molecule has 25 heavy (non-hydrogen) atoms. The molecule has 0 atom stereocenters. The smallest absolute Gasteiger partial charge is 0.158 e. The Kier molecular flexibility index (Phi) is 3.58. The van der Waals surface area contributed by atoms with Gasteiger partial charge >= 0.3 is 0 Å². The summed E-state index contributed by atoms with van der Waals surface area (Å²) in [6.07, 6.45) is 0. The molecule has 4 rings (SSSR count). The average molecular weight is 352 g/mol. The fraction of sp³-hybridized carbons (Fsp3) is 0.250. The number of sulfone groups is 1. The Labute approximate surface area is 147 Å². The SMILES string of the molecule is Cc1cc(C)c2nc(C)cc(Nc3ccc4c(c3)CS(=O)(=O)C4)c2c1. The van der Waals surface area contributed by atoms with Gasteiger partial charge in [-0.25, -0.2) is 8.42 Å². The summed E-state index contributed by atoms with van der Waals surface area (Å²) in [6.45, 7) is 6.14. The Bertz CT molecular complexity index is 1120. The Hall–Kier alpha value is -2.40. The van der Waals surface area contributed by atoms with Gasteiger partial charge in [0.15, 0.2) is 9.84 Å². The second-order valence-electron chi connectivity index (χ2n) is 6.93. The Morgan fingerprint density at radius 2 is 1.72 bits per heavy atom. The minimum atomic E-state index is -2.99. The van der Waals surface area contributed by atoms with Crippen LogP contribution in [0.4, 0.5) is 11.4 Å². The van der Waals surface area contributed by atoms with Gasteiger partial charge in [0.1, 0.15) is 0 Å². The van der Waals surface area contributed by atoms with Crippen LogP contribution in [-0.2, 0) is 21.3 Å². The minimum absolute atomic E-state index is 0.131. The number of nitrogens with one attached hydrogen (secondary N) is 1. The third kappa shape index (κ3) is 3.00. The fourth-order valence-corrected chi connectivity index (χ4v) is 5.17. The Balaban J connectivity index is 1.80. The summed E-state index contributed by atoms with van der Waals surface area (Å²) in [5.74, 6) is 0.282. The van der Waals surface area contributed by atoms with Crippen molar-refractivity contribution in [1.29, 1.82) is 0 Å². The number of fused-ring (bicyclic) bond motifs is 2. The van der Waals surface area contributed by atoms with E-state index in [-0.39, 0.29) is 11.5 Å². The van der Waals surface area contributed by atoms with Crippen LogP contribution in [0.15, 0.2) is 36.4 Å². The van der Waals surface area contributed by atoms with Gasteiger partial charge in [-0.1, -0.05) is 17.7 Å². The van der Waals surface area contributed by atoms with E-state index < -0.39 is 9.84 Å². The molecule has 0 radical (unpaired) electrons. The number of aromatic nitrogens is 1. The first-order chi connectivity index (χ1) is 11.8. The van der Waals surface area contributed by atoms with E-state index >= 15 is 0 Å². The molecule has 2 heterocycles. The molecule has 1 aromatic heterocycles. The van der Waals surface area contributed by atoms with Gasteiger partial charge in [0, 0.05) is 22.5 Å². The lowest BCUT2D eigenvalue weighted by Gasteiger charge is -2.14. The fourth-order valence-electron chi connectivity index (χ4n) is 3.57. The van der Waals surface area contributed by atoms with Crippen LogP contribution in [0.25, 0.3) is 10.9 Å². The number of hydrogen-bond acceptors (Lipinski definition) is 4. The molecule has 0 amide bonds. The molecule has 1 N–H and O–H groups in total. The van der Waals surface area contributed by atoms with Crippen molar-refractivity contribution >= 4 is 32.1 Å². The topological polar surface area (TPSA) is 59.1 Å². The summed E-state index contributed by atoms with van der Waals surface area (Å²) in [5.41, 5.74) is 8.00. The number of anilines is 2. The quantitative estimate of drug-likeness (QED) is 0.746. The molecule has 4 nitrogen and oxygen atoms in total. The van der Waals surface area contributed by atoms with Crippen LogP contribution in [-0.4, -0.2) is 13.4 Å². The molecule has 0 bridgehead atoms. The van der Waals surface area contributed by atoms with Gasteiger partial charge < -0.3 is 5.32 Å². The summed E-state index contributed by atoms with van der Waals surface area (Å²) in [6, 6.07) is 12.1. The molecule has 1 aliphatic rings. The third-order valence-electron chi connectivity index (χ3n) is 4.61. The van der Waals surface area contributed by atoms with E-state index in [0.29, 0.717) is 0 Å². The molecule has 128 valence electrons. The second kappa shape index (κ2) is 5.56. The van der Waals surface area contributed by atoms with Gasteiger partial charge in [-0.15, -0.1) is 0 Å². The molecule has 0 aliphatic carbocycles. The molecule has 0 saturated carbocycles. The standard InChI is InChI=1S/C20H20N2O2S/c1-12-6-13(2)20-18(7-12)19(8-14(3)21-20)22-17-5-4-15-10-25(23,24)11-16(15)9-17/h4-9H,10-11H2,1-3H3,(H,21,22). The zero-order valence-corrected chi connectivity index (χ0v) is 15.4. The molecular weight excluding hydrogens is 332 g/mol. The molecule has 2 aromatic carbocycles. The first-order valence-corrected chi connectivity index (χ1v) is 10.1. The highest BCUT2D eigenvalue weighted by molar-refractivity contribution is 7.90. The summed E-state index contributed by atoms with van der Waals surface area (Å²) < 4.78 is 23.6. The van der Waals surface area contributed by atoms with Crippen LogP contribution in [0, 0.1) is 20.8 Å². The maximum Gasteiger partial charge on any atom is 0.158 e. The second-order valence-corrected chi connectivity index (χ2v) is 8.99. The van der Waals surface area contributed by atoms with Gasteiger partial charge in [-0.2, -0.15) is 0 Å². The number of benzene rings is 2. The predicted molar refractivity (Wildman–Crippen MR) is 102 cm³/mol. The Morgan fingerprint density at radius 1 is 0.960 bits per heavy atom. The average Bonchev–Trinajstić information content (AvgIpc) is 2.81. The largest absolute Gasteiger partial charge is 0.355 e. The molecule has 3 aromatic rings. The van der Waals surface area contributed by atoms with Crippen molar-refractivity contribution in [3.05, 3.63) is 64.3 Å². The van der Waals surface area contributed by atoms with E-state index in [1.807, 2.05) is 31.2 Å². The van der Waals surface area contributed by atoms with E-state index in [9.17, 15) is 8.42 Å². The first-order valence-electron chi connectivity index (χ1n) is 8.29. The summed E-state index contributed by atoms with van der Waals surface area (Å²) in [7, 11) is -2.99. The van der Waals surface area contributed by atoms with Gasteiger partial charge in [-0.05, 0) is 61.7 Å². The molecule has 5 heteroatoms. The number of pyridine rings is 1. The molecule has 1 aliphatic heterocycles. The highest BCUT2D eigenvalue weighted by Crippen LogP contribution is 2.32. The van der Waals surface area contributed by atoms with Crippen molar-refractivity contribution in [1.82, 2.24) is 4.98 Å². The van der Waals surface area contributed by atoms with Gasteiger partial charge in [0.2, 0.25) is 0 Å². The van der Waals surface area contributed by atoms with Crippen LogP contribution in [0.3, 0.4) is 0 Å². The lowest BCUT2D eigenvalue weighted by molar-refractivity contribution is 0.598. The predicted octanol–water partition coefficient (Wildman–Crippen LogP) is 4.33. The van der Waals surface area contributed by atoms with Gasteiger partial charge in [0.05, 0.1) is 17.0 Å². The van der Waals surface area contributed by atoms with Crippen molar-refractivity contribution in [2.75, 3.05) is 5.32 Å². The lowest BCUT2D eigenvalue weighted by Crippen LogP contribution is -1.97. The van der Waals surface area contributed by atoms with Crippen LogP contribution >= 0.6 is 0 Å². The maximum atomic E-state index is 11.8. The van der Waals surface area contributed by atoms with Crippen molar-refractivity contribution in [3.8, 4) is 0 Å². The lowest BCUT2D eigenvalue weighted by atomic mass is 10.0. The molecule has 0 unspecified atom stereocenters. The highest BCUT2D eigenvalue weighted by atomic mass is 32.2. The van der Waals surface area contributed by atoms with Crippen LogP contribution < -0.4 is 5.32 Å². The number of hydrogen-bond donors (Lipinski definition) is 1. The van der Waals surface area contributed by atoms with Crippen LogP contribution in [0.5, 0.6) is 0 Å². The van der Waals surface area contributed by atoms with Gasteiger partial charge in [-0.3, -0.25) is 4.98 Å². The number of nitrogens with zero attached hydrogens (tertiary/aromatic N) is 1. The Morgan fingerprint density at radius 3 is 2.52 bits per heavy atom. The molecule has 0 spiro atoms. The van der Waals surface area contributed by atoms with Crippen molar-refractivity contribution < 1.29 is 8.42 Å². The first kappa shape index (κ1) is 16.1. The normalized spacial score (nSPS) is 15.3. The number of rotatable bonds is 2. The molecule has 0 fully saturated rings. The van der Waals surface area contributed by atoms with Crippen molar-refractivity contribution in [2.24, 2.45) is 0 Å². The third-order valence-corrected chi connectivity index (χ3v) is 6.11. The van der Waals surface area contributed by atoms with Crippen molar-refractivity contribution in [3.63, 3.8) is 0 Å². The summed E-state index contributed by atoms with van der Waals surface area (Å²) in [5, 5.41) is 4.54. The van der Waals surface area contributed by atoms with E-state index in [0.717, 1.165) is 44.7 Å². The zero-order valence-electron chi connectivity index (χ0n) is 14.6. The zero-order chi connectivity index (χ0) is 17.8. The van der Waals surface area contributed by atoms with Crippen molar-refractivity contribution in [2.45, 2.75) is 32.3 Å². The molecular formula is C20H20N2O2S. The minimum Gasteiger partial charge on any atom is -0.355 e. The summed E-state index contributed by atoms with van der Waals surface area (Å²) >= 11 is 0. The van der Waals surface area contributed by atoms with E-state index in [1.54, 1.807) is 0 Å². The van der Waals surface area contributed by atoms with Gasteiger partial charge in [0.25, 0.3) is 0 Å². The van der Waals surface area contributed by atoms with E-state index in [4.69, 9.17) is 0 Å². The van der Waals surface area contributed by atoms with E-state index in [1.165, 1.54) is 5.56 Å². The molecule has 0 saturated heterocycles. The monoisotopic (exact) mass is 352 g/mol.